The predicted molar refractivity (Wildman–Crippen MR) is 83.9 cm³/mol. The number of thiophene rings is 1. The Balaban J connectivity index is 2.46. The predicted octanol–water partition coefficient (Wildman–Crippen LogP) is 6.91. The van der Waals surface area contributed by atoms with Crippen LogP contribution in [0.2, 0.25) is 10.0 Å². The van der Waals surface area contributed by atoms with Crippen LogP contribution in [0.15, 0.2) is 31.8 Å². The van der Waals surface area contributed by atoms with E-state index in [0.29, 0.717) is 10.0 Å². The van der Waals surface area contributed by atoms with Crippen LogP contribution in [0.3, 0.4) is 0 Å². The van der Waals surface area contributed by atoms with Gasteiger partial charge in [-0.2, -0.15) is 0 Å². The highest BCUT2D eigenvalue weighted by molar-refractivity contribution is 9.12. The Labute approximate surface area is 135 Å². The molecule has 0 saturated carbocycles. The zero-order valence-electron chi connectivity index (χ0n) is 8.18. The molecule has 90 valence electrons. The van der Waals surface area contributed by atoms with Crippen LogP contribution >= 0.6 is 78.0 Å². The summed E-state index contributed by atoms with van der Waals surface area (Å²) in [5, 5.41) is 0.919. The molecule has 1 aromatic carbocycles. The van der Waals surface area contributed by atoms with E-state index in [4.69, 9.17) is 34.8 Å². The molecule has 0 fully saturated rings. The summed E-state index contributed by atoms with van der Waals surface area (Å²) in [6, 6.07) is 7.27. The Bertz CT molecular complexity index is 554. The molecule has 1 aromatic heterocycles. The van der Waals surface area contributed by atoms with E-state index in [1.807, 2.05) is 6.07 Å². The van der Waals surface area contributed by atoms with Gasteiger partial charge in [-0.15, -0.1) is 22.9 Å². The minimum absolute atomic E-state index is 0.321. The molecule has 0 aliphatic heterocycles. The van der Waals surface area contributed by atoms with E-state index in [1.165, 1.54) is 0 Å². The minimum atomic E-state index is -0.321. The molecule has 6 heteroatoms. The molecular weight excluding hydrogens is 430 g/mol. The Morgan fingerprint density at radius 1 is 1.06 bits per heavy atom. The maximum absolute atomic E-state index is 6.44. The van der Waals surface area contributed by atoms with Crippen LogP contribution in [0.4, 0.5) is 0 Å². The van der Waals surface area contributed by atoms with Gasteiger partial charge in [0.2, 0.25) is 0 Å². The van der Waals surface area contributed by atoms with Crippen molar-refractivity contribution < 1.29 is 0 Å². The van der Waals surface area contributed by atoms with Gasteiger partial charge in [-0.3, -0.25) is 0 Å². The first-order valence-corrected chi connectivity index (χ1v) is 8.12. The van der Waals surface area contributed by atoms with Gasteiger partial charge >= 0.3 is 0 Å². The molecule has 0 saturated heterocycles. The Kier molecular flexibility index (Phi) is 4.84. The lowest BCUT2D eigenvalue weighted by Crippen LogP contribution is -1.93. The van der Waals surface area contributed by atoms with E-state index in [1.54, 1.807) is 29.5 Å². The van der Waals surface area contributed by atoms with E-state index >= 15 is 0 Å². The molecular formula is C11H5Br2Cl3S. The highest BCUT2D eigenvalue weighted by Crippen LogP contribution is 2.43. The summed E-state index contributed by atoms with van der Waals surface area (Å²) in [6.07, 6.45) is 0. The first-order chi connectivity index (χ1) is 7.99. The molecule has 0 N–H and O–H groups in total. The van der Waals surface area contributed by atoms with E-state index < -0.39 is 0 Å². The maximum Gasteiger partial charge on any atom is 0.0869 e. The van der Waals surface area contributed by atoms with Gasteiger partial charge in [-0.05, 0) is 61.7 Å². The zero-order valence-corrected chi connectivity index (χ0v) is 14.4. The number of hydrogen-bond donors (Lipinski definition) is 0. The van der Waals surface area contributed by atoms with Crippen LogP contribution in [0.1, 0.15) is 16.5 Å². The second-order valence-corrected chi connectivity index (χ2v) is 8.34. The van der Waals surface area contributed by atoms with Crippen molar-refractivity contribution in [2.75, 3.05) is 0 Å². The molecule has 0 amide bonds. The van der Waals surface area contributed by atoms with Gasteiger partial charge in [0.15, 0.2) is 0 Å². The molecule has 1 heterocycles. The third kappa shape index (κ3) is 3.20. The number of rotatable bonds is 2. The Hall–Kier alpha value is 0.750. The molecule has 0 aliphatic rings. The molecule has 1 unspecified atom stereocenters. The van der Waals surface area contributed by atoms with E-state index in [0.717, 1.165) is 18.7 Å². The molecule has 1 atom stereocenters. The van der Waals surface area contributed by atoms with E-state index in [2.05, 4.69) is 31.9 Å². The first kappa shape index (κ1) is 14.2. The second kappa shape index (κ2) is 5.81. The van der Waals surface area contributed by atoms with Gasteiger partial charge < -0.3 is 0 Å². The lowest BCUT2D eigenvalue weighted by atomic mass is 10.1. The quantitative estimate of drug-likeness (QED) is 0.450. The fourth-order valence-electron chi connectivity index (χ4n) is 1.40. The summed E-state index contributed by atoms with van der Waals surface area (Å²) >= 11 is 27.0. The normalized spacial score (nSPS) is 12.8. The SMILES string of the molecule is Clc1ccc(Cl)c(C(Cl)c2cc(Br)sc2Br)c1. The molecule has 2 aromatic rings. The largest absolute Gasteiger partial charge is 0.121 e. The number of alkyl halides is 1. The van der Waals surface area contributed by atoms with Gasteiger partial charge in [0, 0.05) is 15.6 Å². The summed E-state index contributed by atoms with van der Waals surface area (Å²) in [4.78, 5) is 0. The Morgan fingerprint density at radius 2 is 1.76 bits per heavy atom. The highest BCUT2D eigenvalue weighted by Gasteiger charge is 2.19. The van der Waals surface area contributed by atoms with Crippen LogP contribution in [0.5, 0.6) is 0 Å². The fourth-order valence-corrected chi connectivity index (χ4v) is 5.32. The molecule has 0 nitrogen and oxygen atoms in total. The van der Waals surface area contributed by atoms with Crippen LogP contribution in [0.25, 0.3) is 0 Å². The van der Waals surface area contributed by atoms with Gasteiger partial charge in [-0.25, -0.2) is 0 Å². The maximum atomic E-state index is 6.44. The Morgan fingerprint density at radius 3 is 2.35 bits per heavy atom. The van der Waals surface area contributed by atoms with Gasteiger partial charge in [0.1, 0.15) is 0 Å². The van der Waals surface area contributed by atoms with Gasteiger partial charge in [-0.1, -0.05) is 23.2 Å². The topological polar surface area (TPSA) is 0 Å². The standard InChI is InChI=1S/C11H5Br2Cl3S/c12-9-4-7(11(13)17-9)10(16)6-3-5(14)1-2-8(6)15/h1-4,10H. The van der Waals surface area contributed by atoms with Crippen molar-refractivity contribution in [1.29, 1.82) is 0 Å². The molecule has 17 heavy (non-hydrogen) atoms. The van der Waals surface area contributed by atoms with Gasteiger partial charge in [0.05, 0.1) is 12.9 Å². The van der Waals surface area contributed by atoms with Crippen molar-refractivity contribution in [3.8, 4) is 0 Å². The summed E-state index contributed by atoms with van der Waals surface area (Å²) in [5.41, 5.74) is 1.79. The summed E-state index contributed by atoms with van der Waals surface area (Å²) < 4.78 is 2.00. The van der Waals surface area contributed by atoms with Crippen molar-refractivity contribution in [2.45, 2.75) is 5.38 Å². The third-order valence-electron chi connectivity index (χ3n) is 2.19. The number of benzene rings is 1. The van der Waals surface area contributed by atoms with E-state index in [-0.39, 0.29) is 5.38 Å². The van der Waals surface area contributed by atoms with Crippen molar-refractivity contribution in [1.82, 2.24) is 0 Å². The van der Waals surface area contributed by atoms with Crippen LogP contribution in [-0.4, -0.2) is 0 Å². The monoisotopic (exact) mass is 432 g/mol. The molecule has 0 radical (unpaired) electrons. The van der Waals surface area contributed by atoms with Gasteiger partial charge in [0.25, 0.3) is 0 Å². The molecule has 0 spiro atoms. The van der Waals surface area contributed by atoms with Crippen molar-refractivity contribution >= 4 is 78.0 Å². The molecule has 2 rings (SSSR count). The summed E-state index contributed by atoms with van der Waals surface area (Å²) in [6.45, 7) is 0. The number of halogens is 5. The highest BCUT2D eigenvalue weighted by atomic mass is 79.9. The van der Waals surface area contributed by atoms with Crippen molar-refractivity contribution in [2.24, 2.45) is 0 Å². The third-order valence-corrected chi connectivity index (χ3v) is 5.62. The summed E-state index contributed by atoms with van der Waals surface area (Å²) in [7, 11) is 0. The average molecular weight is 435 g/mol. The van der Waals surface area contributed by atoms with Crippen LogP contribution < -0.4 is 0 Å². The fraction of sp³-hybridized carbons (Fsp3) is 0.0909. The van der Waals surface area contributed by atoms with Crippen LogP contribution in [-0.2, 0) is 0 Å². The lowest BCUT2D eigenvalue weighted by molar-refractivity contribution is 1.15. The molecule has 0 bridgehead atoms. The molecule has 0 aliphatic carbocycles. The number of hydrogen-bond acceptors (Lipinski definition) is 1. The van der Waals surface area contributed by atoms with E-state index in [9.17, 15) is 0 Å². The van der Waals surface area contributed by atoms with Crippen LogP contribution in [0, 0.1) is 0 Å². The summed E-state index contributed by atoms with van der Waals surface area (Å²) in [5.74, 6) is 0. The minimum Gasteiger partial charge on any atom is -0.121 e. The zero-order chi connectivity index (χ0) is 12.6. The first-order valence-electron chi connectivity index (χ1n) is 4.53. The average Bonchev–Trinajstić information content (AvgIpc) is 2.60. The van der Waals surface area contributed by atoms with Crippen molar-refractivity contribution in [3.05, 3.63) is 53.0 Å². The lowest BCUT2D eigenvalue weighted by Gasteiger charge is -2.11. The second-order valence-electron chi connectivity index (χ2n) is 3.31. The van der Waals surface area contributed by atoms with Crippen molar-refractivity contribution in [3.63, 3.8) is 0 Å². The smallest absolute Gasteiger partial charge is 0.0869 e.